The van der Waals surface area contributed by atoms with Crippen LogP contribution >= 0.6 is 0 Å². The number of nitrogen functional groups attached to an aromatic ring is 1. The third-order valence-electron chi connectivity index (χ3n) is 3.66. The summed E-state index contributed by atoms with van der Waals surface area (Å²) in [6.07, 6.45) is 0.722. The van der Waals surface area contributed by atoms with Gasteiger partial charge in [-0.05, 0) is 17.7 Å². The van der Waals surface area contributed by atoms with Crippen molar-refractivity contribution < 1.29 is 0 Å². The van der Waals surface area contributed by atoms with E-state index in [2.05, 4.69) is 20.9 Å². The van der Waals surface area contributed by atoms with Crippen LogP contribution in [0.3, 0.4) is 0 Å². The Balaban J connectivity index is 1.77. The number of aromatic nitrogens is 2. The molecule has 6 heteroatoms. The largest absolute Gasteiger partial charge is 0.369 e. The molecule has 0 unspecified atom stereocenters. The van der Waals surface area contributed by atoms with E-state index in [9.17, 15) is 4.79 Å². The fourth-order valence-electron chi connectivity index (χ4n) is 2.58. The van der Waals surface area contributed by atoms with Crippen molar-refractivity contribution in [2.75, 3.05) is 12.3 Å². The number of benzene rings is 1. The van der Waals surface area contributed by atoms with E-state index in [0.717, 1.165) is 30.8 Å². The Kier molecular flexibility index (Phi) is 3.42. The zero-order valence-electron chi connectivity index (χ0n) is 11.5. The van der Waals surface area contributed by atoms with Gasteiger partial charge in [0.25, 0.3) is 5.56 Å². The van der Waals surface area contributed by atoms with Crippen LogP contribution in [0.25, 0.3) is 0 Å². The molecule has 0 saturated heterocycles. The van der Waals surface area contributed by atoms with E-state index in [1.165, 1.54) is 0 Å². The van der Waals surface area contributed by atoms with Gasteiger partial charge in [-0.2, -0.15) is 5.26 Å². The first kappa shape index (κ1) is 13.3. The van der Waals surface area contributed by atoms with Crippen LogP contribution in [0.1, 0.15) is 22.4 Å². The van der Waals surface area contributed by atoms with E-state index in [1.54, 1.807) is 0 Å². The third-order valence-corrected chi connectivity index (χ3v) is 3.66. The maximum atomic E-state index is 11.9. The molecule has 0 saturated carbocycles. The van der Waals surface area contributed by atoms with Crippen LogP contribution in [-0.2, 0) is 19.5 Å². The average molecular weight is 281 g/mol. The molecule has 2 heterocycles. The minimum absolute atomic E-state index is 0.151. The molecule has 106 valence electrons. The first-order valence-corrected chi connectivity index (χ1v) is 6.74. The fourth-order valence-corrected chi connectivity index (χ4v) is 2.58. The summed E-state index contributed by atoms with van der Waals surface area (Å²) in [6.45, 7) is 2.15. The molecular formula is C15H15N5O. The van der Waals surface area contributed by atoms with Gasteiger partial charge in [0.15, 0.2) is 0 Å². The Labute approximate surface area is 121 Å². The van der Waals surface area contributed by atoms with Crippen LogP contribution in [0.4, 0.5) is 5.95 Å². The van der Waals surface area contributed by atoms with Gasteiger partial charge in [-0.1, -0.05) is 12.1 Å². The number of anilines is 1. The van der Waals surface area contributed by atoms with E-state index < -0.39 is 0 Å². The number of nitrogens with zero attached hydrogens (tertiary/aromatic N) is 3. The lowest BCUT2D eigenvalue weighted by Crippen LogP contribution is -2.35. The number of H-pyrrole nitrogens is 1. The van der Waals surface area contributed by atoms with E-state index in [1.807, 2.05) is 24.3 Å². The minimum atomic E-state index is -0.151. The highest BCUT2D eigenvalue weighted by Gasteiger charge is 2.20. The second-order valence-corrected chi connectivity index (χ2v) is 5.15. The first-order valence-electron chi connectivity index (χ1n) is 6.74. The highest BCUT2D eigenvalue weighted by Crippen LogP contribution is 2.17. The van der Waals surface area contributed by atoms with E-state index in [4.69, 9.17) is 11.0 Å². The van der Waals surface area contributed by atoms with Crippen molar-refractivity contribution in [2.45, 2.75) is 19.5 Å². The summed E-state index contributed by atoms with van der Waals surface area (Å²) in [5.74, 6) is 0.180. The van der Waals surface area contributed by atoms with Gasteiger partial charge in [0, 0.05) is 26.1 Å². The maximum absolute atomic E-state index is 11.9. The molecule has 0 amide bonds. The number of nitrogens with two attached hydrogens (primary N) is 1. The molecule has 0 atom stereocenters. The third kappa shape index (κ3) is 2.78. The van der Waals surface area contributed by atoms with E-state index >= 15 is 0 Å². The van der Waals surface area contributed by atoms with Crippen molar-refractivity contribution in [1.82, 2.24) is 14.9 Å². The topological polar surface area (TPSA) is 98.8 Å². The van der Waals surface area contributed by atoms with Gasteiger partial charge in [-0.3, -0.25) is 14.7 Å². The number of hydrogen-bond acceptors (Lipinski definition) is 5. The molecule has 0 bridgehead atoms. The van der Waals surface area contributed by atoms with Gasteiger partial charge < -0.3 is 5.73 Å². The van der Waals surface area contributed by atoms with E-state index in [-0.39, 0.29) is 11.5 Å². The summed E-state index contributed by atoms with van der Waals surface area (Å²) in [4.78, 5) is 20.9. The van der Waals surface area contributed by atoms with Crippen LogP contribution in [0.2, 0.25) is 0 Å². The lowest BCUT2D eigenvalue weighted by Gasteiger charge is -2.27. The Hall–Kier alpha value is -2.65. The Morgan fingerprint density at radius 2 is 2.14 bits per heavy atom. The van der Waals surface area contributed by atoms with Gasteiger partial charge in [0.2, 0.25) is 5.95 Å². The molecule has 1 aliphatic rings. The van der Waals surface area contributed by atoms with Gasteiger partial charge >= 0.3 is 0 Å². The van der Waals surface area contributed by atoms with Crippen LogP contribution < -0.4 is 11.3 Å². The standard InChI is InChI=1S/C15H15N5O/c16-7-10-1-3-11(4-2-10)8-20-6-5-13-12(9-20)14(21)19-15(17)18-13/h1-4H,5-6,8-9H2,(H3,17,18,19,21). The number of rotatable bonds is 2. The smallest absolute Gasteiger partial charge is 0.257 e. The molecule has 3 rings (SSSR count). The predicted octanol–water partition coefficient (Wildman–Crippen LogP) is 0.782. The number of hydrogen-bond donors (Lipinski definition) is 2. The minimum Gasteiger partial charge on any atom is -0.369 e. The lowest BCUT2D eigenvalue weighted by atomic mass is 10.1. The molecule has 1 aliphatic heterocycles. The van der Waals surface area contributed by atoms with Gasteiger partial charge in [0.1, 0.15) is 0 Å². The SMILES string of the molecule is N#Cc1ccc(CN2CCc3nc(N)[nH]c(=O)c3C2)cc1. The number of aromatic amines is 1. The van der Waals surface area contributed by atoms with Crippen molar-refractivity contribution >= 4 is 5.95 Å². The van der Waals surface area contributed by atoms with Crippen LogP contribution in [0, 0.1) is 11.3 Å². The average Bonchev–Trinajstić information content (AvgIpc) is 2.48. The first-order chi connectivity index (χ1) is 10.2. The normalized spacial score (nSPS) is 14.4. The highest BCUT2D eigenvalue weighted by atomic mass is 16.1. The maximum Gasteiger partial charge on any atom is 0.257 e. The van der Waals surface area contributed by atoms with Crippen molar-refractivity contribution in [3.63, 3.8) is 0 Å². The zero-order chi connectivity index (χ0) is 14.8. The molecule has 0 radical (unpaired) electrons. The van der Waals surface area contributed by atoms with Crippen LogP contribution in [0.15, 0.2) is 29.1 Å². The summed E-state index contributed by atoms with van der Waals surface area (Å²) >= 11 is 0. The molecule has 2 aromatic rings. The van der Waals surface area contributed by atoms with Gasteiger partial charge in [-0.15, -0.1) is 0 Å². The van der Waals surface area contributed by atoms with Crippen molar-refractivity contribution in [1.29, 1.82) is 5.26 Å². The summed E-state index contributed by atoms with van der Waals surface area (Å²) in [5, 5.41) is 8.80. The molecule has 0 aliphatic carbocycles. The second kappa shape index (κ2) is 5.38. The highest BCUT2D eigenvalue weighted by molar-refractivity contribution is 5.32. The molecule has 0 fully saturated rings. The van der Waals surface area contributed by atoms with Crippen molar-refractivity contribution in [3.8, 4) is 6.07 Å². The van der Waals surface area contributed by atoms with Gasteiger partial charge in [0.05, 0.1) is 22.9 Å². The Bertz CT molecular complexity index is 757. The predicted molar refractivity (Wildman–Crippen MR) is 78.2 cm³/mol. The summed E-state index contributed by atoms with van der Waals surface area (Å²) in [7, 11) is 0. The van der Waals surface area contributed by atoms with E-state index in [0.29, 0.717) is 17.7 Å². The van der Waals surface area contributed by atoms with Crippen LogP contribution in [0.5, 0.6) is 0 Å². The number of fused-ring (bicyclic) bond motifs is 1. The van der Waals surface area contributed by atoms with Crippen molar-refractivity contribution in [2.24, 2.45) is 0 Å². The quantitative estimate of drug-likeness (QED) is 0.847. The van der Waals surface area contributed by atoms with Crippen molar-refractivity contribution in [3.05, 3.63) is 57.0 Å². The van der Waals surface area contributed by atoms with Gasteiger partial charge in [-0.25, -0.2) is 4.98 Å². The number of nitriles is 1. The molecule has 0 spiro atoms. The Morgan fingerprint density at radius 3 is 2.86 bits per heavy atom. The molecule has 1 aromatic heterocycles. The zero-order valence-corrected chi connectivity index (χ0v) is 11.5. The second-order valence-electron chi connectivity index (χ2n) is 5.15. The Morgan fingerprint density at radius 1 is 1.38 bits per heavy atom. The number of nitrogens with one attached hydrogen (secondary N) is 1. The molecule has 3 N–H and O–H groups in total. The summed E-state index contributed by atoms with van der Waals surface area (Å²) in [6, 6.07) is 9.61. The summed E-state index contributed by atoms with van der Waals surface area (Å²) in [5.41, 5.74) is 8.68. The summed E-state index contributed by atoms with van der Waals surface area (Å²) < 4.78 is 0. The molecular weight excluding hydrogens is 266 g/mol. The molecule has 6 nitrogen and oxygen atoms in total. The molecule has 1 aromatic carbocycles. The molecule has 21 heavy (non-hydrogen) atoms. The van der Waals surface area contributed by atoms with Crippen LogP contribution in [-0.4, -0.2) is 21.4 Å². The lowest BCUT2D eigenvalue weighted by molar-refractivity contribution is 0.242. The fraction of sp³-hybridized carbons (Fsp3) is 0.267. The monoisotopic (exact) mass is 281 g/mol.